The molecule has 0 fully saturated rings. The summed E-state index contributed by atoms with van der Waals surface area (Å²) < 4.78 is 2.93. The maximum Gasteiger partial charge on any atom is 0.181 e. The summed E-state index contributed by atoms with van der Waals surface area (Å²) in [4.78, 5) is 4.22. The van der Waals surface area contributed by atoms with Gasteiger partial charge in [0.1, 0.15) is 6.33 Å². The largest absolute Gasteiger partial charge is 0.255 e. The normalized spacial score (nSPS) is 10.5. The van der Waals surface area contributed by atoms with Crippen molar-refractivity contribution >= 4 is 22.6 Å². The lowest BCUT2D eigenvalue weighted by molar-refractivity contribution is 0.768. The van der Waals surface area contributed by atoms with E-state index in [1.54, 1.807) is 11.0 Å². The van der Waals surface area contributed by atoms with Gasteiger partial charge in [0.2, 0.25) is 0 Å². The van der Waals surface area contributed by atoms with Gasteiger partial charge in [0.15, 0.2) is 5.82 Å². The average molecular weight is 299 g/mol. The second kappa shape index (κ2) is 3.68. The Bertz CT molecular complexity index is 442. The van der Waals surface area contributed by atoms with E-state index in [2.05, 4.69) is 57.8 Å². The third-order valence-electron chi connectivity index (χ3n) is 1.90. The highest BCUT2D eigenvalue weighted by Gasteiger charge is 2.03. The molecule has 0 radical (unpaired) electrons. The van der Waals surface area contributed by atoms with Gasteiger partial charge in [-0.25, -0.2) is 4.98 Å². The van der Waals surface area contributed by atoms with Crippen LogP contribution in [-0.2, 0) is 7.05 Å². The highest BCUT2D eigenvalue weighted by Crippen LogP contribution is 2.19. The molecule has 2 rings (SSSR count). The molecule has 0 aliphatic heterocycles. The van der Waals surface area contributed by atoms with Crippen molar-refractivity contribution < 1.29 is 0 Å². The molecule has 0 bridgehead atoms. The lowest BCUT2D eigenvalue weighted by Gasteiger charge is -1.99. The molecule has 1 heterocycles. The number of aryl methyl sites for hydroxylation is 2. The van der Waals surface area contributed by atoms with Crippen LogP contribution in [0.25, 0.3) is 11.4 Å². The summed E-state index contributed by atoms with van der Waals surface area (Å²) in [6.45, 7) is 2.08. The number of aromatic nitrogens is 3. The Balaban J connectivity index is 2.51. The molecule has 0 amide bonds. The quantitative estimate of drug-likeness (QED) is 0.757. The molecule has 1 aromatic heterocycles. The second-order valence-corrected chi connectivity index (χ2v) is 4.50. The molecule has 0 atom stereocenters. The summed E-state index contributed by atoms with van der Waals surface area (Å²) in [5.74, 6) is 0.786. The van der Waals surface area contributed by atoms with E-state index in [1.165, 1.54) is 9.13 Å². The summed E-state index contributed by atoms with van der Waals surface area (Å²) in [6.07, 6.45) is 1.71. The van der Waals surface area contributed by atoms with Crippen molar-refractivity contribution in [1.29, 1.82) is 0 Å². The Morgan fingerprint density at radius 3 is 2.64 bits per heavy atom. The molecule has 3 nitrogen and oxygen atoms in total. The number of rotatable bonds is 1. The third kappa shape index (κ3) is 1.95. The monoisotopic (exact) mass is 299 g/mol. The van der Waals surface area contributed by atoms with Crippen LogP contribution >= 0.6 is 22.6 Å². The van der Waals surface area contributed by atoms with Crippen molar-refractivity contribution in [3.05, 3.63) is 33.7 Å². The predicted molar refractivity (Wildman–Crippen MR) is 63.9 cm³/mol. The summed E-state index contributed by atoms with van der Waals surface area (Å²) in [6, 6.07) is 6.31. The van der Waals surface area contributed by atoms with Crippen LogP contribution in [0.4, 0.5) is 0 Å². The summed E-state index contributed by atoms with van der Waals surface area (Å²) in [5, 5.41) is 4.27. The van der Waals surface area contributed by atoms with Gasteiger partial charge < -0.3 is 0 Å². The van der Waals surface area contributed by atoms with Crippen molar-refractivity contribution in [2.45, 2.75) is 6.92 Å². The first-order valence-electron chi connectivity index (χ1n) is 4.28. The molecule has 72 valence electrons. The van der Waals surface area contributed by atoms with Crippen molar-refractivity contribution in [2.75, 3.05) is 0 Å². The lowest BCUT2D eigenvalue weighted by atomic mass is 10.1. The van der Waals surface area contributed by atoms with E-state index in [9.17, 15) is 0 Å². The molecule has 0 saturated heterocycles. The second-order valence-electron chi connectivity index (χ2n) is 3.26. The molecule has 2 aromatic rings. The maximum absolute atomic E-state index is 4.27. The van der Waals surface area contributed by atoms with Gasteiger partial charge in [-0.3, -0.25) is 4.68 Å². The third-order valence-corrected chi connectivity index (χ3v) is 2.52. The fourth-order valence-electron chi connectivity index (χ4n) is 1.34. The molecule has 0 spiro atoms. The van der Waals surface area contributed by atoms with Crippen molar-refractivity contribution in [1.82, 2.24) is 14.8 Å². The van der Waals surface area contributed by atoms with Crippen LogP contribution in [0.3, 0.4) is 0 Å². The van der Waals surface area contributed by atoms with Gasteiger partial charge >= 0.3 is 0 Å². The zero-order valence-electron chi connectivity index (χ0n) is 8.03. The molecule has 0 saturated carbocycles. The molecule has 0 unspecified atom stereocenters. The van der Waals surface area contributed by atoms with Gasteiger partial charge in [0, 0.05) is 16.2 Å². The highest BCUT2D eigenvalue weighted by atomic mass is 127. The summed E-state index contributed by atoms with van der Waals surface area (Å²) in [5.41, 5.74) is 2.31. The number of nitrogens with zero attached hydrogens (tertiary/aromatic N) is 3. The van der Waals surface area contributed by atoms with Crippen LogP contribution in [0.15, 0.2) is 24.5 Å². The van der Waals surface area contributed by atoms with Crippen LogP contribution in [0.5, 0.6) is 0 Å². The fraction of sp³-hybridized carbons (Fsp3) is 0.200. The molecule has 0 aliphatic rings. The Hall–Kier alpha value is -0.910. The standard InChI is InChI=1S/C10H10IN3/c1-7-3-8(5-9(11)4-7)10-12-6-14(2)13-10/h3-6H,1-2H3. The molecular weight excluding hydrogens is 289 g/mol. The van der Waals surface area contributed by atoms with Gasteiger partial charge in [-0.1, -0.05) is 0 Å². The molecule has 4 heteroatoms. The first-order valence-corrected chi connectivity index (χ1v) is 5.36. The SMILES string of the molecule is Cc1cc(I)cc(-c2ncn(C)n2)c1. The van der Waals surface area contributed by atoms with Crippen molar-refractivity contribution in [3.8, 4) is 11.4 Å². The van der Waals surface area contributed by atoms with Crippen LogP contribution < -0.4 is 0 Å². The Kier molecular flexibility index (Phi) is 2.54. The minimum Gasteiger partial charge on any atom is -0.255 e. The average Bonchev–Trinajstić information content (AvgIpc) is 2.50. The molecule has 1 aromatic carbocycles. The van der Waals surface area contributed by atoms with E-state index >= 15 is 0 Å². The van der Waals surface area contributed by atoms with Gasteiger partial charge in [-0.2, -0.15) is 5.10 Å². The number of halogens is 1. The smallest absolute Gasteiger partial charge is 0.181 e. The van der Waals surface area contributed by atoms with Crippen LogP contribution in [0.1, 0.15) is 5.56 Å². The van der Waals surface area contributed by atoms with E-state index in [1.807, 2.05) is 7.05 Å². The molecule has 0 aliphatic carbocycles. The first-order chi connectivity index (χ1) is 6.65. The highest BCUT2D eigenvalue weighted by molar-refractivity contribution is 14.1. The van der Waals surface area contributed by atoms with E-state index in [0.717, 1.165) is 11.4 Å². The molecular formula is C10H10IN3. The Labute approximate surface area is 96.3 Å². The van der Waals surface area contributed by atoms with Gasteiger partial charge in [0.25, 0.3) is 0 Å². The number of hydrogen-bond acceptors (Lipinski definition) is 2. The summed E-state index contributed by atoms with van der Waals surface area (Å²) >= 11 is 2.30. The van der Waals surface area contributed by atoms with Crippen LogP contribution in [0.2, 0.25) is 0 Å². The van der Waals surface area contributed by atoms with Crippen LogP contribution in [0, 0.1) is 10.5 Å². The van der Waals surface area contributed by atoms with E-state index < -0.39 is 0 Å². The van der Waals surface area contributed by atoms with Crippen molar-refractivity contribution in [2.24, 2.45) is 7.05 Å². The predicted octanol–water partition coefficient (Wildman–Crippen LogP) is 2.40. The van der Waals surface area contributed by atoms with E-state index in [0.29, 0.717) is 0 Å². The van der Waals surface area contributed by atoms with Crippen molar-refractivity contribution in [3.63, 3.8) is 0 Å². The van der Waals surface area contributed by atoms with Gasteiger partial charge in [0.05, 0.1) is 0 Å². The topological polar surface area (TPSA) is 30.7 Å². The molecule has 14 heavy (non-hydrogen) atoms. The van der Waals surface area contributed by atoms with Crippen LogP contribution in [-0.4, -0.2) is 14.8 Å². The lowest BCUT2D eigenvalue weighted by Crippen LogP contribution is -1.89. The maximum atomic E-state index is 4.27. The van der Waals surface area contributed by atoms with Gasteiger partial charge in [-0.05, 0) is 53.3 Å². The number of benzene rings is 1. The first kappa shape index (κ1) is 9.64. The van der Waals surface area contributed by atoms with E-state index in [4.69, 9.17) is 0 Å². The number of hydrogen-bond donors (Lipinski definition) is 0. The van der Waals surface area contributed by atoms with Gasteiger partial charge in [-0.15, -0.1) is 0 Å². The summed E-state index contributed by atoms with van der Waals surface area (Å²) in [7, 11) is 1.87. The van der Waals surface area contributed by atoms with E-state index in [-0.39, 0.29) is 0 Å². The minimum absolute atomic E-state index is 0.786. The zero-order valence-corrected chi connectivity index (χ0v) is 10.2. The Morgan fingerprint density at radius 2 is 2.07 bits per heavy atom. The molecule has 0 N–H and O–H groups in total. The zero-order chi connectivity index (χ0) is 10.1. The fourth-order valence-corrected chi connectivity index (χ4v) is 2.16. The minimum atomic E-state index is 0.786. The Morgan fingerprint density at radius 1 is 1.29 bits per heavy atom.